The molecular weight excluding hydrogens is 308 g/mol. The van der Waals surface area contributed by atoms with Gasteiger partial charge in [0, 0.05) is 13.1 Å². The first kappa shape index (κ1) is 17.5. The third-order valence-corrected chi connectivity index (χ3v) is 3.40. The molecule has 0 aliphatic carbocycles. The fourth-order valence-corrected chi connectivity index (χ4v) is 2.11. The molecule has 1 aromatic carbocycles. The maximum absolute atomic E-state index is 11.3. The van der Waals surface area contributed by atoms with E-state index in [-0.39, 0.29) is 23.3 Å². The predicted octanol–water partition coefficient (Wildman–Crippen LogP) is 3.04. The summed E-state index contributed by atoms with van der Waals surface area (Å²) < 4.78 is 0. The third kappa shape index (κ3) is 4.80. The van der Waals surface area contributed by atoms with Crippen molar-refractivity contribution < 1.29 is 4.92 Å². The molecule has 0 radical (unpaired) electrons. The summed E-state index contributed by atoms with van der Waals surface area (Å²) in [6.07, 6.45) is 0.938. The number of nitrogens with one attached hydrogen (secondary N) is 2. The maximum atomic E-state index is 11.3. The number of aromatic nitrogens is 2. The van der Waals surface area contributed by atoms with Crippen LogP contribution < -0.4 is 16.4 Å². The number of nitrogens with zero attached hydrogens (tertiary/aromatic N) is 3. The Hall–Kier alpha value is -2.90. The highest BCUT2D eigenvalue weighted by atomic mass is 16.6. The SMILES string of the molecule is CC(C)CCNc1nc(N)c([N+](=O)[O-])c(NCc2ccccc2)n1. The average Bonchev–Trinajstić information content (AvgIpc) is 2.52. The third-order valence-electron chi connectivity index (χ3n) is 3.40. The molecule has 0 bridgehead atoms. The highest BCUT2D eigenvalue weighted by Crippen LogP contribution is 2.29. The van der Waals surface area contributed by atoms with Gasteiger partial charge in [0.15, 0.2) is 0 Å². The highest BCUT2D eigenvalue weighted by molar-refractivity contribution is 5.69. The van der Waals surface area contributed by atoms with Crippen LogP contribution in [0.25, 0.3) is 0 Å². The van der Waals surface area contributed by atoms with Crippen molar-refractivity contribution in [3.63, 3.8) is 0 Å². The van der Waals surface area contributed by atoms with Crippen LogP contribution in [0.2, 0.25) is 0 Å². The van der Waals surface area contributed by atoms with E-state index in [0.29, 0.717) is 19.0 Å². The van der Waals surface area contributed by atoms with Gasteiger partial charge in [0.1, 0.15) is 0 Å². The largest absolute Gasteiger partial charge is 0.378 e. The van der Waals surface area contributed by atoms with E-state index in [1.807, 2.05) is 30.3 Å². The molecule has 8 nitrogen and oxygen atoms in total. The Bertz CT molecular complexity index is 690. The molecule has 0 saturated heterocycles. The summed E-state index contributed by atoms with van der Waals surface area (Å²) in [6, 6.07) is 9.55. The second-order valence-corrected chi connectivity index (χ2v) is 5.84. The molecule has 0 spiro atoms. The Morgan fingerprint density at radius 1 is 1.21 bits per heavy atom. The monoisotopic (exact) mass is 330 g/mol. The number of anilines is 3. The van der Waals surface area contributed by atoms with Crippen LogP contribution in [0, 0.1) is 16.0 Å². The number of nitro groups is 1. The van der Waals surface area contributed by atoms with Gasteiger partial charge in [-0.05, 0) is 17.9 Å². The van der Waals surface area contributed by atoms with Gasteiger partial charge < -0.3 is 16.4 Å². The first-order chi connectivity index (χ1) is 11.5. The van der Waals surface area contributed by atoms with Gasteiger partial charge in [-0.3, -0.25) is 10.1 Å². The predicted molar refractivity (Wildman–Crippen MR) is 94.8 cm³/mol. The quantitative estimate of drug-likeness (QED) is 0.502. The molecule has 0 saturated carbocycles. The molecule has 128 valence electrons. The number of rotatable bonds is 8. The number of nitrogens with two attached hydrogens (primary N) is 1. The van der Waals surface area contributed by atoms with Crippen molar-refractivity contribution in [2.75, 3.05) is 22.9 Å². The second-order valence-electron chi connectivity index (χ2n) is 5.84. The molecular formula is C16H22N6O2. The standard InChI is InChI=1S/C16H22N6O2/c1-11(2)8-9-18-16-20-14(17)13(22(23)24)15(21-16)19-10-12-6-4-3-5-7-12/h3-7,11H,8-10H2,1-2H3,(H4,17,18,19,20,21). The van der Waals surface area contributed by atoms with E-state index in [9.17, 15) is 10.1 Å². The Morgan fingerprint density at radius 2 is 1.92 bits per heavy atom. The van der Waals surface area contributed by atoms with Gasteiger partial charge in [-0.25, -0.2) is 0 Å². The summed E-state index contributed by atoms with van der Waals surface area (Å²) in [7, 11) is 0. The molecule has 0 atom stereocenters. The van der Waals surface area contributed by atoms with Crippen LogP contribution in [0.15, 0.2) is 30.3 Å². The Balaban J connectivity index is 2.18. The molecule has 0 unspecified atom stereocenters. The molecule has 1 heterocycles. The lowest BCUT2D eigenvalue weighted by Gasteiger charge is -2.11. The Labute approximate surface area is 140 Å². The lowest BCUT2D eigenvalue weighted by atomic mass is 10.1. The summed E-state index contributed by atoms with van der Waals surface area (Å²) in [5.41, 5.74) is 6.43. The average molecular weight is 330 g/mol. The van der Waals surface area contributed by atoms with E-state index in [1.54, 1.807) is 0 Å². The summed E-state index contributed by atoms with van der Waals surface area (Å²) >= 11 is 0. The molecule has 0 fully saturated rings. The maximum Gasteiger partial charge on any atom is 0.353 e. The van der Waals surface area contributed by atoms with Gasteiger partial charge in [-0.2, -0.15) is 9.97 Å². The zero-order valence-electron chi connectivity index (χ0n) is 13.8. The van der Waals surface area contributed by atoms with Gasteiger partial charge in [0.25, 0.3) is 0 Å². The number of benzene rings is 1. The highest BCUT2D eigenvalue weighted by Gasteiger charge is 2.22. The van der Waals surface area contributed by atoms with Crippen molar-refractivity contribution in [2.45, 2.75) is 26.8 Å². The van der Waals surface area contributed by atoms with Crippen molar-refractivity contribution in [1.29, 1.82) is 0 Å². The van der Waals surface area contributed by atoms with E-state index >= 15 is 0 Å². The fourth-order valence-electron chi connectivity index (χ4n) is 2.11. The van der Waals surface area contributed by atoms with Gasteiger partial charge in [-0.1, -0.05) is 44.2 Å². The summed E-state index contributed by atoms with van der Waals surface area (Å²) in [5, 5.41) is 17.3. The first-order valence-corrected chi connectivity index (χ1v) is 7.81. The van der Waals surface area contributed by atoms with Crippen molar-refractivity contribution >= 4 is 23.3 Å². The van der Waals surface area contributed by atoms with Crippen LogP contribution in [-0.4, -0.2) is 21.4 Å². The van der Waals surface area contributed by atoms with Crippen LogP contribution in [0.5, 0.6) is 0 Å². The second kappa shape index (κ2) is 8.09. The van der Waals surface area contributed by atoms with Crippen molar-refractivity contribution in [3.8, 4) is 0 Å². The normalized spacial score (nSPS) is 10.6. The molecule has 2 aromatic rings. The van der Waals surface area contributed by atoms with Gasteiger partial charge in [0.05, 0.1) is 4.92 Å². The van der Waals surface area contributed by atoms with Crippen LogP contribution in [0.1, 0.15) is 25.8 Å². The fraction of sp³-hybridized carbons (Fsp3) is 0.375. The molecule has 0 aliphatic heterocycles. The molecule has 24 heavy (non-hydrogen) atoms. The summed E-state index contributed by atoms with van der Waals surface area (Å²) in [6.45, 7) is 5.30. The van der Waals surface area contributed by atoms with Crippen molar-refractivity contribution in [2.24, 2.45) is 5.92 Å². The Kier molecular flexibility index (Phi) is 5.89. The summed E-state index contributed by atoms with van der Waals surface area (Å²) in [4.78, 5) is 18.9. The van der Waals surface area contributed by atoms with Gasteiger partial charge in [-0.15, -0.1) is 0 Å². The van der Waals surface area contributed by atoms with Gasteiger partial charge in [0.2, 0.25) is 17.6 Å². The smallest absolute Gasteiger partial charge is 0.353 e. The summed E-state index contributed by atoms with van der Waals surface area (Å²) in [5.74, 6) is 0.777. The minimum absolute atomic E-state index is 0.114. The Morgan fingerprint density at radius 3 is 2.54 bits per heavy atom. The topological polar surface area (TPSA) is 119 Å². The van der Waals surface area contributed by atoms with E-state index in [4.69, 9.17) is 5.73 Å². The molecule has 0 amide bonds. The van der Waals surface area contributed by atoms with Crippen LogP contribution >= 0.6 is 0 Å². The first-order valence-electron chi connectivity index (χ1n) is 7.81. The van der Waals surface area contributed by atoms with Crippen LogP contribution in [0.4, 0.5) is 23.3 Å². The van der Waals surface area contributed by atoms with Crippen LogP contribution in [0.3, 0.4) is 0 Å². The molecule has 8 heteroatoms. The number of nitrogen functional groups attached to an aromatic ring is 1. The number of hydrogen-bond donors (Lipinski definition) is 3. The van der Waals surface area contributed by atoms with E-state index in [1.165, 1.54) is 0 Å². The lowest BCUT2D eigenvalue weighted by Crippen LogP contribution is -2.13. The molecule has 0 aliphatic rings. The molecule has 4 N–H and O–H groups in total. The molecule has 1 aromatic heterocycles. The van der Waals surface area contributed by atoms with E-state index in [0.717, 1.165) is 12.0 Å². The van der Waals surface area contributed by atoms with Crippen molar-refractivity contribution in [3.05, 3.63) is 46.0 Å². The van der Waals surface area contributed by atoms with Crippen molar-refractivity contribution in [1.82, 2.24) is 9.97 Å². The van der Waals surface area contributed by atoms with E-state index < -0.39 is 4.92 Å². The van der Waals surface area contributed by atoms with Gasteiger partial charge >= 0.3 is 5.69 Å². The minimum atomic E-state index is -0.569. The number of hydrogen-bond acceptors (Lipinski definition) is 7. The minimum Gasteiger partial charge on any atom is -0.378 e. The lowest BCUT2D eigenvalue weighted by molar-refractivity contribution is -0.383. The molecule has 2 rings (SSSR count). The van der Waals surface area contributed by atoms with E-state index in [2.05, 4.69) is 34.4 Å². The zero-order valence-corrected chi connectivity index (χ0v) is 13.8. The zero-order chi connectivity index (χ0) is 17.5. The van der Waals surface area contributed by atoms with Crippen LogP contribution in [-0.2, 0) is 6.54 Å².